The van der Waals surface area contributed by atoms with Crippen molar-refractivity contribution in [3.63, 3.8) is 0 Å². The molecule has 0 aliphatic rings. The maximum Gasteiger partial charge on any atom is 0.158 e. The fraction of sp³-hybridized carbons (Fsp3) is 0.200. The Morgan fingerprint density at radius 3 is 2.58 bits per heavy atom. The van der Waals surface area contributed by atoms with E-state index >= 15 is 0 Å². The lowest BCUT2D eigenvalue weighted by Gasteiger charge is -2.22. The molecule has 0 atom stereocenters. The summed E-state index contributed by atoms with van der Waals surface area (Å²) in [6, 6.07) is 10.3. The first kappa shape index (κ1) is 19.5. The van der Waals surface area contributed by atoms with Crippen LogP contribution in [0.15, 0.2) is 49.2 Å². The molecule has 0 saturated carbocycles. The summed E-state index contributed by atoms with van der Waals surface area (Å²) >= 11 is 0. The number of rotatable bonds is 5. The first-order valence-corrected chi connectivity index (χ1v) is 8.03. The van der Waals surface area contributed by atoms with Crippen molar-refractivity contribution in [1.82, 2.24) is 9.55 Å². The van der Waals surface area contributed by atoms with E-state index < -0.39 is 0 Å². The van der Waals surface area contributed by atoms with Crippen molar-refractivity contribution in [3.8, 4) is 6.07 Å². The number of aryl methyl sites for hydroxylation is 1. The van der Waals surface area contributed by atoms with Gasteiger partial charge in [-0.3, -0.25) is 0 Å². The lowest BCUT2D eigenvalue weighted by Crippen LogP contribution is -2.19. The predicted molar refractivity (Wildman–Crippen MR) is 106 cm³/mol. The molecule has 0 bridgehead atoms. The number of fused-ring (bicyclic) bond motifs is 1. The van der Waals surface area contributed by atoms with E-state index in [1.165, 1.54) is 17.7 Å². The van der Waals surface area contributed by atoms with Crippen LogP contribution in [0.1, 0.15) is 11.3 Å². The summed E-state index contributed by atoms with van der Waals surface area (Å²) in [7, 11) is 0. The molecule has 0 fully saturated rings. The molecular formula is C20H20ClFN4. The lowest BCUT2D eigenvalue weighted by molar-refractivity contribution is 0.628. The van der Waals surface area contributed by atoms with Crippen LogP contribution in [0, 0.1) is 31.0 Å². The quantitative estimate of drug-likeness (QED) is 0.465. The standard InChI is InChI=1S/C20H19FN4.ClH/c1-4-12-24-15(3)14(2)18-9-11-23-20(19(18)24)25(13-10-22)17-7-5-16(21)6-8-17;/h4-9,11H,1,12-13H2,2-3H3;1H. The van der Waals surface area contributed by atoms with Crippen molar-refractivity contribution >= 4 is 34.8 Å². The zero-order valence-corrected chi connectivity index (χ0v) is 15.6. The fourth-order valence-electron chi connectivity index (χ4n) is 3.11. The minimum Gasteiger partial charge on any atom is -0.338 e. The van der Waals surface area contributed by atoms with Crippen molar-refractivity contribution in [2.24, 2.45) is 0 Å². The molecular weight excluding hydrogens is 351 g/mol. The van der Waals surface area contributed by atoms with E-state index in [2.05, 4.69) is 36.0 Å². The molecule has 3 rings (SSSR count). The highest BCUT2D eigenvalue weighted by atomic mass is 35.5. The molecule has 3 aromatic rings. The summed E-state index contributed by atoms with van der Waals surface area (Å²) in [6.07, 6.45) is 3.59. The lowest BCUT2D eigenvalue weighted by atomic mass is 10.2. The highest BCUT2D eigenvalue weighted by molar-refractivity contribution is 5.95. The molecule has 6 heteroatoms. The van der Waals surface area contributed by atoms with Crippen LogP contribution in [-0.4, -0.2) is 16.1 Å². The number of nitriles is 1. The molecule has 0 amide bonds. The van der Waals surface area contributed by atoms with Gasteiger partial charge < -0.3 is 9.47 Å². The Bertz CT molecular complexity index is 970. The van der Waals surface area contributed by atoms with E-state index in [1.54, 1.807) is 23.2 Å². The topological polar surface area (TPSA) is 44.9 Å². The highest BCUT2D eigenvalue weighted by Crippen LogP contribution is 2.34. The maximum absolute atomic E-state index is 13.3. The smallest absolute Gasteiger partial charge is 0.158 e. The second-order valence-electron chi connectivity index (χ2n) is 5.86. The predicted octanol–water partition coefficient (Wildman–Crippen LogP) is 5.06. The minimum atomic E-state index is -0.312. The Balaban J connectivity index is 0.00000243. The van der Waals surface area contributed by atoms with Gasteiger partial charge in [-0.1, -0.05) is 6.08 Å². The van der Waals surface area contributed by atoms with Crippen molar-refractivity contribution in [2.75, 3.05) is 11.4 Å². The summed E-state index contributed by atoms with van der Waals surface area (Å²) in [5.41, 5.74) is 4.00. The van der Waals surface area contributed by atoms with E-state index in [4.69, 9.17) is 0 Å². The third-order valence-corrected chi connectivity index (χ3v) is 4.46. The number of aromatic nitrogens is 2. The molecule has 2 heterocycles. The van der Waals surface area contributed by atoms with Crippen LogP contribution in [0.4, 0.5) is 15.9 Å². The zero-order valence-electron chi connectivity index (χ0n) is 14.7. The van der Waals surface area contributed by atoms with Crippen molar-refractivity contribution in [3.05, 3.63) is 66.3 Å². The van der Waals surface area contributed by atoms with Crippen LogP contribution < -0.4 is 4.90 Å². The van der Waals surface area contributed by atoms with Crippen molar-refractivity contribution in [2.45, 2.75) is 20.4 Å². The zero-order chi connectivity index (χ0) is 18.0. The molecule has 0 saturated heterocycles. The van der Waals surface area contributed by atoms with Gasteiger partial charge in [-0.2, -0.15) is 5.26 Å². The molecule has 0 N–H and O–H groups in total. The number of hydrogen-bond donors (Lipinski definition) is 0. The molecule has 0 spiro atoms. The monoisotopic (exact) mass is 370 g/mol. The Labute approximate surface area is 158 Å². The normalized spacial score (nSPS) is 10.2. The highest BCUT2D eigenvalue weighted by Gasteiger charge is 2.20. The van der Waals surface area contributed by atoms with Gasteiger partial charge in [0, 0.05) is 29.5 Å². The summed E-state index contributed by atoms with van der Waals surface area (Å²) in [4.78, 5) is 6.35. The van der Waals surface area contributed by atoms with E-state index in [-0.39, 0.29) is 24.8 Å². The number of hydrogen-bond acceptors (Lipinski definition) is 3. The minimum absolute atomic E-state index is 0. The largest absolute Gasteiger partial charge is 0.338 e. The number of nitrogens with zero attached hydrogens (tertiary/aromatic N) is 4. The third kappa shape index (κ3) is 3.29. The SMILES string of the molecule is C=CCn1c(C)c(C)c2ccnc(N(CC#N)c3ccc(F)cc3)c21.Cl. The van der Waals surface area contributed by atoms with Crippen LogP contribution in [0.25, 0.3) is 10.9 Å². The summed E-state index contributed by atoms with van der Waals surface area (Å²) < 4.78 is 15.4. The molecule has 0 radical (unpaired) electrons. The summed E-state index contributed by atoms with van der Waals surface area (Å²) in [6.45, 7) is 8.76. The first-order chi connectivity index (χ1) is 12.1. The second-order valence-corrected chi connectivity index (χ2v) is 5.86. The molecule has 0 aliphatic carbocycles. The van der Waals surface area contributed by atoms with Crippen LogP contribution in [0.2, 0.25) is 0 Å². The molecule has 2 aromatic heterocycles. The van der Waals surface area contributed by atoms with E-state index in [0.29, 0.717) is 12.4 Å². The van der Waals surface area contributed by atoms with Gasteiger partial charge in [0.05, 0.1) is 11.6 Å². The molecule has 4 nitrogen and oxygen atoms in total. The number of allylic oxidation sites excluding steroid dienone is 1. The van der Waals surface area contributed by atoms with Crippen molar-refractivity contribution < 1.29 is 4.39 Å². The number of benzene rings is 1. The van der Waals surface area contributed by atoms with Crippen molar-refractivity contribution in [1.29, 1.82) is 5.26 Å². The van der Waals surface area contributed by atoms with Crippen LogP contribution >= 0.6 is 12.4 Å². The third-order valence-electron chi connectivity index (χ3n) is 4.46. The number of halogens is 2. The first-order valence-electron chi connectivity index (χ1n) is 8.03. The van der Waals surface area contributed by atoms with Gasteiger partial charge in [-0.05, 0) is 49.7 Å². The van der Waals surface area contributed by atoms with E-state index in [0.717, 1.165) is 22.3 Å². The van der Waals surface area contributed by atoms with Gasteiger partial charge in [0.25, 0.3) is 0 Å². The van der Waals surface area contributed by atoms with E-state index in [1.807, 2.05) is 12.1 Å². The van der Waals surface area contributed by atoms with Crippen LogP contribution in [0.5, 0.6) is 0 Å². The molecule has 1 aromatic carbocycles. The summed E-state index contributed by atoms with van der Waals surface area (Å²) in [5, 5.41) is 10.4. The Hall–Kier alpha value is -2.84. The van der Waals surface area contributed by atoms with Crippen LogP contribution in [-0.2, 0) is 6.54 Å². The van der Waals surface area contributed by atoms with E-state index in [9.17, 15) is 9.65 Å². The Kier molecular flexibility index (Phi) is 6.01. The molecule has 0 unspecified atom stereocenters. The van der Waals surface area contributed by atoms with Gasteiger partial charge in [-0.25, -0.2) is 9.37 Å². The van der Waals surface area contributed by atoms with Gasteiger partial charge in [0.2, 0.25) is 0 Å². The molecule has 0 aliphatic heterocycles. The Morgan fingerprint density at radius 1 is 1.27 bits per heavy atom. The number of pyridine rings is 1. The second kappa shape index (κ2) is 8.03. The summed E-state index contributed by atoms with van der Waals surface area (Å²) in [5.74, 6) is 0.372. The van der Waals surface area contributed by atoms with Gasteiger partial charge >= 0.3 is 0 Å². The maximum atomic E-state index is 13.3. The molecule has 26 heavy (non-hydrogen) atoms. The average Bonchev–Trinajstić information content (AvgIpc) is 2.86. The van der Waals surface area contributed by atoms with Gasteiger partial charge in [0.1, 0.15) is 12.4 Å². The average molecular weight is 371 g/mol. The van der Waals surface area contributed by atoms with Crippen LogP contribution in [0.3, 0.4) is 0 Å². The van der Waals surface area contributed by atoms with Gasteiger partial charge in [-0.15, -0.1) is 19.0 Å². The Morgan fingerprint density at radius 2 is 1.96 bits per heavy atom. The fourth-order valence-corrected chi connectivity index (χ4v) is 3.11. The molecule has 134 valence electrons. The van der Waals surface area contributed by atoms with Gasteiger partial charge in [0.15, 0.2) is 5.82 Å². The number of anilines is 2.